The molecule has 2 saturated heterocycles. The summed E-state index contributed by atoms with van der Waals surface area (Å²) in [5, 5.41) is 0. The van der Waals surface area contributed by atoms with Gasteiger partial charge in [0.05, 0.1) is 0 Å². The van der Waals surface area contributed by atoms with Crippen LogP contribution in [0.1, 0.15) is 53.4 Å². The molecule has 0 N–H and O–H groups in total. The van der Waals surface area contributed by atoms with Crippen molar-refractivity contribution in [2.45, 2.75) is 71.5 Å². The summed E-state index contributed by atoms with van der Waals surface area (Å²) in [6, 6.07) is 2.35. The average Bonchev–Trinajstić information content (AvgIpc) is 2.47. The molecule has 2 aliphatic heterocycles. The van der Waals surface area contributed by atoms with Crippen molar-refractivity contribution >= 4 is 0 Å². The van der Waals surface area contributed by atoms with E-state index in [-0.39, 0.29) is 0 Å². The molecule has 2 rings (SSSR count). The first-order chi connectivity index (χ1) is 9.97. The van der Waals surface area contributed by atoms with Crippen LogP contribution in [0.25, 0.3) is 0 Å². The summed E-state index contributed by atoms with van der Waals surface area (Å²) < 4.78 is 0. The van der Waals surface area contributed by atoms with Crippen LogP contribution in [-0.2, 0) is 0 Å². The van der Waals surface area contributed by atoms with Gasteiger partial charge < -0.3 is 14.7 Å². The zero-order chi connectivity index (χ0) is 15.4. The van der Waals surface area contributed by atoms with Crippen molar-refractivity contribution in [1.82, 2.24) is 14.7 Å². The van der Waals surface area contributed by atoms with Gasteiger partial charge >= 0.3 is 0 Å². The van der Waals surface area contributed by atoms with Gasteiger partial charge in [0.1, 0.15) is 0 Å². The monoisotopic (exact) mass is 295 g/mol. The maximum Gasteiger partial charge on any atom is 0.0120 e. The Labute approximate surface area is 132 Å². The van der Waals surface area contributed by atoms with Gasteiger partial charge in [-0.1, -0.05) is 13.8 Å². The van der Waals surface area contributed by atoms with Crippen molar-refractivity contribution in [1.29, 1.82) is 0 Å². The highest BCUT2D eigenvalue weighted by Crippen LogP contribution is 2.24. The second-order valence-corrected chi connectivity index (χ2v) is 7.95. The molecule has 2 fully saturated rings. The third-order valence-corrected chi connectivity index (χ3v) is 5.59. The molecule has 3 heteroatoms. The van der Waals surface area contributed by atoms with Crippen LogP contribution in [0, 0.1) is 5.92 Å². The quantitative estimate of drug-likeness (QED) is 0.772. The van der Waals surface area contributed by atoms with E-state index in [1.165, 1.54) is 58.4 Å². The Morgan fingerprint density at radius 3 is 1.95 bits per heavy atom. The number of piperidine rings is 2. The summed E-state index contributed by atoms with van der Waals surface area (Å²) >= 11 is 0. The van der Waals surface area contributed by atoms with E-state index >= 15 is 0 Å². The van der Waals surface area contributed by atoms with Gasteiger partial charge in [-0.2, -0.15) is 0 Å². The molecular formula is C18H37N3. The van der Waals surface area contributed by atoms with E-state index in [1.54, 1.807) is 0 Å². The molecule has 0 spiro atoms. The van der Waals surface area contributed by atoms with Crippen molar-refractivity contribution in [2.75, 3.05) is 39.8 Å². The molecule has 0 amide bonds. The summed E-state index contributed by atoms with van der Waals surface area (Å²) in [6.07, 6.45) is 5.50. The molecule has 0 saturated carbocycles. The third kappa shape index (κ3) is 4.94. The molecule has 0 aromatic heterocycles. The van der Waals surface area contributed by atoms with Crippen molar-refractivity contribution in [2.24, 2.45) is 5.92 Å². The van der Waals surface area contributed by atoms with E-state index in [2.05, 4.69) is 49.4 Å². The second kappa shape index (κ2) is 7.94. The van der Waals surface area contributed by atoms with E-state index in [9.17, 15) is 0 Å². The van der Waals surface area contributed by atoms with Gasteiger partial charge in [0.2, 0.25) is 0 Å². The molecule has 0 aromatic rings. The second-order valence-electron chi connectivity index (χ2n) is 7.95. The molecule has 0 aliphatic carbocycles. The highest BCUT2D eigenvalue weighted by atomic mass is 15.2. The highest BCUT2D eigenvalue weighted by molar-refractivity contribution is 4.86. The summed E-state index contributed by atoms with van der Waals surface area (Å²) in [4.78, 5) is 8.03. The Hall–Kier alpha value is -0.120. The third-order valence-electron chi connectivity index (χ3n) is 5.59. The largest absolute Gasteiger partial charge is 0.303 e. The Balaban J connectivity index is 1.71. The SMILES string of the molecule is CC(C)CN1CCC(N2CCC(N(C)C(C)C)CC2)CC1. The fraction of sp³-hybridized carbons (Fsp3) is 1.00. The number of nitrogens with zero attached hydrogens (tertiary/aromatic N) is 3. The topological polar surface area (TPSA) is 9.72 Å². The van der Waals surface area contributed by atoms with E-state index in [0.717, 1.165) is 18.0 Å². The normalized spacial score (nSPS) is 24.6. The number of likely N-dealkylation sites (tertiary alicyclic amines) is 2. The first-order valence-corrected chi connectivity index (χ1v) is 9.15. The number of hydrogen-bond acceptors (Lipinski definition) is 3. The molecule has 0 atom stereocenters. The van der Waals surface area contributed by atoms with Gasteiger partial charge in [-0.3, -0.25) is 0 Å². The summed E-state index contributed by atoms with van der Waals surface area (Å²) in [7, 11) is 2.30. The lowest BCUT2D eigenvalue weighted by Gasteiger charge is -2.44. The molecule has 0 bridgehead atoms. The van der Waals surface area contributed by atoms with E-state index in [1.807, 2.05) is 0 Å². The lowest BCUT2D eigenvalue weighted by molar-refractivity contribution is 0.0521. The maximum atomic E-state index is 2.79. The Morgan fingerprint density at radius 2 is 1.48 bits per heavy atom. The van der Waals surface area contributed by atoms with Crippen LogP contribution in [0.15, 0.2) is 0 Å². The molecule has 124 valence electrons. The Bertz CT molecular complexity index is 287. The standard InChI is InChI=1S/C18H37N3/c1-15(2)14-20-10-6-18(7-11-20)21-12-8-17(9-13-21)19(5)16(3)4/h15-18H,6-14H2,1-5H3. The van der Waals surface area contributed by atoms with Gasteiger partial charge in [-0.25, -0.2) is 0 Å². The fourth-order valence-electron chi connectivity index (χ4n) is 4.06. The van der Waals surface area contributed by atoms with Crippen molar-refractivity contribution in [3.05, 3.63) is 0 Å². The van der Waals surface area contributed by atoms with Gasteiger partial charge in [0.15, 0.2) is 0 Å². The zero-order valence-electron chi connectivity index (χ0n) is 15.0. The van der Waals surface area contributed by atoms with Crippen LogP contribution in [0.3, 0.4) is 0 Å². The van der Waals surface area contributed by atoms with Crippen molar-refractivity contribution < 1.29 is 0 Å². The lowest BCUT2D eigenvalue weighted by atomic mass is 9.96. The van der Waals surface area contributed by atoms with Gasteiger partial charge in [0, 0.05) is 24.7 Å². The predicted molar refractivity (Wildman–Crippen MR) is 91.8 cm³/mol. The van der Waals surface area contributed by atoms with Gasteiger partial charge in [-0.15, -0.1) is 0 Å². The summed E-state index contributed by atoms with van der Waals surface area (Å²) in [5.41, 5.74) is 0. The maximum absolute atomic E-state index is 2.79. The summed E-state index contributed by atoms with van der Waals surface area (Å²) in [6.45, 7) is 15.8. The molecule has 0 unspecified atom stereocenters. The molecule has 0 aromatic carbocycles. The van der Waals surface area contributed by atoms with Crippen LogP contribution < -0.4 is 0 Å². The van der Waals surface area contributed by atoms with Gasteiger partial charge in [-0.05, 0) is 78.7 Å². The summed E-state index contributed by atoms with van der Waals surface area (Å²) in [5.74, 6) is 0.809. The average molecular weight is 296 g/mol. The van der Waals surface area contributed by atoms with Gasteiger partial charge in [0.25, 0.3) is 0 Å². The highest BCUT2D eigenvalue weighted by Gasteiger charge is 2.29. The number of hydrogen-bond donors (Lipinski definition) is 0. The molecule has 2 aliphatic rings. The Morgan fingerprint density at radius 1 is 0.905 bits per heavy atom. The van der Waals surface area contributed by atoms with E-state index < -0.39 is 0 Å². The van der Waals surface area contributed by atoms with E-state index in [4.69, 9.17) is 0 Å². The number of rotatable bonds is 5. The Kier molecular flexibility index (Phi) is 6.51. The fourth-order valence-corrected chi connectivity index (χ4v) is 4.06. The van der Waals surface area contributed by atoms with Crippen LogP contribution >= 0.6 is 0 Å². The smallest absolute Gasteiger partial charge is 0.0120 e. The lowest BCUT2D eigenvalue weighted by Crippen LogP contribution is -2.51. The van der Waals surface area contributed by atoms with Crippen molar-refractivity contribution in [3.63, 3.8) is 0 Å². The minimum atomic E-state index is 0.681. The first-order valence-electron chi connectivity index (χ1n) is 9.15. The van der Waals surface area contributed by atoms with Crippen LogP contribution in [-0.4, -0.2) is 72.6 Å². The molecular weight excluding hydrogens is 258 g/mol. The zero-order valence-corrected chi connectivity index (χ0v) is 15.0. The molecule has 3 nitrogen and oxygen atoms in total. The molecule has 2 heterocycles. The van der Waals surface area contributed by atoms with Crippen molar-refractivity contribution in [3.8, 4) is 0 Å². The molecule has 0 radical (unpaired) electrons. The minimum absolute atomic E-state index is 0.681. The van der Waals surface area contributed by atoms with E-state index in [0.29, 0.717) is 6.04 Å². The van der Waals surface area contributed by atoms with Crippen LogP contribution in [0.4, 0.5) is 0 Å². The van der Waals surface area contributed by atoms with Crippen LogP contribution in [0.2, 0.25) is 0 Å². The van der Waals surface area contributed by atoms with Crippen LogP contribution in [0.5, 0.6) is 0 Å². The molecule has 21 heavy (non-hydrogen) atoms. The predicted octanol–water partition coefficient (Wildman–Crippen LogP) is 2.91. The first kappa shape index (κ1) is 17.2. The minimum Gasteiger partial charge on any atom is -0.303 e.